The summed E-state index contributed by atoms with van der Waals surface area (Å²) in [4.78, 5) is 11.7. The number of hydrogen-bond donors (Lipinski definition) is 3. The van der Waals surface area contributed by atoms with Gasteiger partial charge in [-0.05, 0) is 34.2 Å². The standard InChI is InChI=1S/C11H24N2O2/c1-6-7-11(4,15)8-13-9(14)10(2,3)12-5/h12,15H,6-8H2,1-5H3,(H,13,14). The second-order valence-corrected chi connectivity index (χ2v) is 4.80. The van der Waals surface area contributed by atoms with Crippen molar-refractivity contribution < 1.29 is 9.90 Å². The zero-order valence-electron chi connectivity index (χ0n) is 10.5. The molecule has 0 heterocycles. The first-order chi connectivity index (χ1) is 6.75. The smallest absolute Gasteiger partial charge is 0.239 e. The van der Waals surface area contributed by atoms with E-state index in [1.807, 2.05) is 6.92 Å². The minimum Gasteiger partial charge on any atom is -0.388 e. The van der Waals surface area contributed by atoms with Crippen LogP contribution in [-0.4, -0.2) is 35.7 Å². The topological polar surface area (TPSA) is 61.4 Å². The molecule has 0 radical (unpaired) electrons. The fourth-order valence-electron chi connectivity index (χ4n) is 1.23. The lowest BCUT2D eigenvalue weighted by Gasteiger charge is -2.27. The summed E-state index contributed by atoms with van der Waals surface area (Å²) in [5.74, 6) is -0.0959. The highest BCUT2D eigenvalue weighted by Gasteiger charge is 2.27. The zero-order valence-corrected chi connectivity index (χ0v) is 10.5. The first-order valence-corrected chi connectivity index (χ1v) is 5.45. The fraction of sp³-hybridized carbons (Fsp3) is 0.909. The third-order valence-corrected chi connectivity index (χ3v) is 2.61. The molecule has 1 unspecified atom stereocenters. The number of carbonyl (C=O) groups excluding carboxylic acids is 1. The molecule has 0 rings (SSSR count). The molecule has 0 spiro atoms. The van der Waals surface area contributed by atoms with Gasteiger partial charge in [0.15, 0.2) is 0 Å². The van der Waals surface area contributed by atoms with Crippen LogP contribution in [-0.2, 0) is 4.79 Å². The van der Waals surface area contributed by atoms with Gasteiger partial charge in [0.25, 0.3) is 0 Å². The van der Waals surface area contributed by atoms with Crippen molar-refractivity contribution in [3.63, 3.8) is 0 Å². The van der Waals surface area contributed by atoms with Gasteiger partial charge in [0.05, 0.1) is 11.1 Å². The van der Waals surface area contributed by atoms with Gasteiger partial charge in [0.2, 0.25) is 5.91 Å². The SMILES string of the molecule is CCCC(C)(O)CNC(=O)C(C)(C)NC. The lowest BCUT2D eigenvalue weighted by molar-refractivity contribution is -0.127. The van der Waals surface area contributed by atoms with E-state index in [4.69, 9.17) is 0 Å². The highest BCUT2D eigenvalue weighted by molar-refractivity contribution is 5.85. The molecule has 0 bridgehead atoms. The van der Waals surface area contributed by atoms with Crippen LogP contribution in [0.1, 0.15) is 40.5 Å². The summed E-state index contributed by atoms with van der Waals surface area (Å²) in [5.41, 5.74) is -1.41. The van der Waals surface area contributed by atoms with Crippen LogP contribution in [0.3, 0.4) is 0 Å². The molecule has 1 atom stereocenters. The summed E-state index contributed by atoms with van der Waals surface area (Å²) in [5, 5.41) is 15.5. The molecule has 0 aromatic heterocycles. The normalized spacial score (nSPS) is 15.9. The molecule has 0 aliphatic rings. The average molecular weight is 216 g/mol. The van der Waals surface area contributed by atoms with Gasteiger partial charge in [-0.2, -0.15) is 0 Å². The molecular formula is C11H24N2O2. The highest BCUT2D eigenvalue weighted by Crippen LogP contribution is 2.10. The Morgan fingerprint density at radius 2 is 1.87 bits per heavy atom. The molecule has 3 N–H and O–H groups in total. The Labute approximate surface area is 92.4 Å². The van der Waals surface area contributed by atoms with Crippen molar-refractivity contribution in [2.45, 2.75) is 51.7 Å². The Morgan fingerprint density at radius 1 is 1.33 bits per heavy atom. The number of likely N-dealkylation sites (N-methyl/N-ethyl adjacent to an activating group) is 1. The van der Waals surface area contributed by atoms with Gasteiger partial charge in [0, 0.05) is 6.54 Å². The molecule has 0 fully saturated rings. The Kier molecular flexibility index (Phi) is 5.24. The summed E-state index contributed by atoms with van der Waals surface area (Å²) < 4.78 is 0. The van der Waals surface area contributed by atoms with Crippen molar-refractivity contribution in [2.24, 2.45) is 0 Å². The van der Waals surface area contributed by atoms with Crippen molar-refractivity contribution in [2.75, 3.05) is 13.6 Å². The monoisotopic (exact) mass is 216 g/mol. The lowest BCUT2D eigenvalue weighted by Crippen LogP contribution is -2.54. The maximum Gasteiger partial charge on any atom is 0.239 e. The Bertz CT molecular complexity index is 213. The van der Waals surface area contributed by atoms with Crippen molar-refractivity contribution in [3.8, 4) is 0 Å². The van der Waals surface area contributed by atoms with Gasteiger partial charge in [-0.3, -0.25) is 4.79 Å². The molecule has 1 amide bonds. The van der Waals surface area contributed by atoms with Gasteiger partial charge in [0.1, 0.15) is 0 Å². The van der Waals surface area contributed by atoms with Gasteiger partial charge < -0.3 is 15.7 Å². The lowest BCUT2D eigenvalue weighted by atomic mass is 9.99. The number of hydrogen-bond acceptors (Lipinski definition) is 3. The minimum atomic E-state index is -0.811. The Morgan fingerprint density at radius 3 is 2.27 bits per heavy atom. The van der Waals surface area contributed by atoms with Crippen molar-refractivity contribution >= 4 is 5.91 Å². The van der Waals surface area contributed by atoms with Gasteiger partial charge in [-0.25, -0.2) is 0 Å². The van der Waals surface area contributed by atoms with Crippen LogP contribution in [0.25, 0.3) is 0 Å². The fourth-order valence-corrected chi connectivity index (χ4v) is 1.23. The van der Waals surface area contributed by atoms with E-state index < -0.39 is 11.1 Å². The van der Waals surface area contributed by atoms with Crippen molar-refractivity contribution in [3.05, 3.63) is 0 Å². The molecule has 0 aliphatic heterocycles. The van der Waals surface area contributed by atoms with Crippen LogP contribution in [0.4, 0.5) is 0 Å². The van der Waals surface area contributed by atoms with E-state index in [0.717, 1.165) is 6.42 Å². The van der Waals surface area contributed by atoms with E-state index in [1.54, 1.807) is 27.8 Å². The molecule has 0 aliphatic carbocycles. The van der Waals surface area contributed by atoms with Gasteiger partial charge in [-0.1, -0.05) is 13.3 Å². The van der Waals surface area contributed by atoms with Crippen LogP contribution in [0.15, 0.2) is 0 Å². The zero-order chi connectivity index (χ0) is 12.1. The molecule has 0 saturated carbocycles. The number of nitrogens with one attached hydrogen (secondary N) is 2. The van der Waals surface area contributed by atoms with Crippen molar-refractivity contribution in [1.29, 1.82) is 0 Å². The molecule has 0 saturated heterocycles. The second-order valence-electron chi connectivity index (χ2n) is 4.80. The summed E-state index contributed by atoms with van der Waals surface area (Å²) in [6.07, 6.45) is 1.59. The summed E-state index contributed by atoms with van der Waals surface area (Å²) in [7, 11) is 1.74. The Hall–Kier alpha value is -0.610. The van der Waals surface area contributed by atoms with E-state index >= 15 is 0 Å². The van der Waals surface area contributed by atoms with Gasteiger partial charge >= 0.3 is 0 Å². The average Bonchev–Trinajstić information content (AvgIpc) is 2.14. The van der Waals surface area contributed by atoms with Crippen molar-refractivity contribution in [1.82, 2.24) is 10.6 Å². The number of carbonyl (C=O) groups is 1. The molecule has 0 aromatic rings. The van der Waals surface area contributed by atoms with E-state index in [1.165, 1.54) is 0 Å². The molecule has 4 heteroatoms. The third-order valence-electron chi connectivity index (χ3n) is 2.61. The Balaban J connectivity index is 4.11. The maximum atomic E-state index is 11.7. The number of rotatable bonds is 6. The van der Waals surface area contributed by atoms with E-state index in [9.17, 15) is 9.90 Å². The van der Waals surface area contributed by atoms with Gasteiger partial charge in [-0.15, -0.1) is 0 Å². The molecule has 90 valence electrons. The predicted molar refractivity (Wildman–Crippen MR) is 61.7 cm³/mol. The quantitative estimate of drug-likeness (QED) is 0.611. The molecule has 4 nitrogen and oxygen atoms in total. The summed E-state index contributed by atoms with van der Waals surface area (Å²) in [6.45, 7) is 7.65. The first-order valence-electron chi connectivity index (χ1n) is 5.45. The first kappa shape index (κ1) is 14.4. The van der Waals surface area contributed by atoms with Crippen LogP contribution in [0, 0.1) is 0 Å². The number of aliphatic hydroxyl groups is 1. The largest absolute Gasteiger partial charge is 0.388 e. The number of amides is 1. The van der Waals surface area contributed by atoms with Crippen LogP contribution in [0.5, 0.6) is 0 Å². The predicted octanol–water partition coefficient (Wildman–Crippen LogP) is 0.652. The van der Waals surface area contributed by atoms with E-state index in [2.05, 4.69) is 10.6 Å². The van der Waals surface area contributed by atoms with Crippen LogP contribution < -0.4 is 10.6 Å². The summed E-state index contributed by atoms with van der Waals surface area (Å²) in [6, 6.07) is 0. The van der Waals surface area contributed by atoms with Crippen LogP contribution >= 0.6 is 0 Å². The molecule has 0 aromatic carbocycles. The van der Waals surface area contributed by atoms with E-state index in [0.29, 0.717) is 13.0 Å². The minimum absolute atomic E-state index is 0.0959. The summed E-state index contributed by atoms with van der Waals surface area (Å²) >= 11 is 0. The highest BCUT2D eigenvalue weighted by atomic mass is 16.3. The second kappa shape index (κ2) is 5.47. The maximum absolute atomic E-state index is 11.7. The molecule has 15 heavy (non-hydrogen) atoms. The molecular weight excluding hydrogens is 192 g/mol. The third kappa shape index (κ3) is 5.14. The van der Waals surface area contributed by atoms with Crippen LogP contribution in [0.2, 0.25) is 0 Å². The van der Waals surface area contributed by atoms with E-state index in [-0.39, 0.29) is 5.91 Å².